The highest BCUT2D eigenvalue weighted by Crippen LogP contribution is 2.24. The minimum absolute atomic E-state index is 0.0860. The molecule has 3 rings (SSSR count). The van der Waals surface area contributed by atoms with Gasteiger partial charge in [0.05, 0.1) is 17.4 Å². The van der Waals surface area contributed by atoms with Gasteiger partial charge >= 0.3 is 5.97 Å². The molecule has 3 aromatic rings. The molecule has 0 saturated carbocycles. The number of carbonyl (C=O) groups excluding carboxylic acids is 2. The summed E-state index contributed by atoms with van der Waals surface area (Å²) in [5.41, 5.74) is 1.68. The predicted octanol–water partition coefficient (Wildman–Crippen LogP) is 4.80. The zero-order valence-corrected chi connectivity index (χ0v) is 18.1. The number of nitrogens with zero attached hydrogens (tertiary/aromatic N) is 2. The number of thioether (sulfide) groups is 1. The predicted molar refractivity (Wildman–Crippen MR) is 114 cm³/mol. The number of hydrogen-bond acceptors (Lipinski definition) is 7. The Hall–Kier alpha value is -2.65. The van der Waals surface area contributed by atoms with Crippen LogP contribution >= 0.6 is 27.7 Å². The van der Waals surface area contributed by atoms with Crippen LogP contribution in [0.1, 0.15) is 24.2 Å². The lowest BCUT2D eigenvalue weighted by Gasteiger charge is -2.09. The quantitative estimate of drug-likeness (QED) is 0.387. The minimum Gasteiger partial charge on any atom is -0.459 e. The number of benzene rings is 2. The lowest BCUT2D eigenvalue weighted by Crippen LogP contribution is -2.15. The number of carbonyl (C=O) groups is 2. The van der Waals surface area contributed by atoms with Gasteiger partial charge in [-0.15, -0.1) is 10.2 Å². The molecule has 0 fully saturated rings. The Labute approximate surface area is 180 Å². The summed E-state index contributed by atoms with van der Waals surface area (Å²) < 4.78 is 11.7. The van der Waals surface area contributed by atoms with E-state index in [0.717, 1.165) is 21.8 Å². The molecular weight excluding hydrogens is 458 g/mol. The van der Waals surface area contributed by atoms with Gasteiger partial charge in [0.2, 0.25) is 11.8 Å². The van der Waals surface area contributed by atoms with Crippen LogP contribution < -0.4 is 5.32 Å². The van der Waals surface area contributed by atoms with Crippen molar-refractivity contribution < 1.29 is 18.7 Å². The van der Waals surface area contributed by atoms with Gasteiger partial charge < -0.3 is 14.5 Å². The first-order valence-electron chi connectivity index (χ1n) is 8.74. The summed E-state index contributed by atoms with van der Waals surface area (Å²) in [5.74, 6) is -0.218. The van der Waals surface area contributed by atoms with Crippen LogP contribution in [0, 0.1) is 0 Å². The first-order chi connectivity index (χ1) is 13.9. The van der Waals surface area contributed by atoms with Gasteiger partial charge in [-0.1, -0.05) is 33.8 Å². The standard InChI is InChI=1S/C20H18BrN3O4S/c1-12(2)27-19(26)14-4-3-5-16(10-14)22-17(25)11-29-20-24-23-18(28-20)13-6-8-15(21)9-7-13/h3-10,12H,11H2,1-2H3,(H,22,25). The van der Waals surface area contributed by atoms with E-state index in [9.17, 15) is 9.59 Å². The second kappa shape index (κ2) is 9.71. The molecule has 0 aliphatic heterocycles. The Morgan fingerprint density at radius 3 is 2.66 bits per heavy atom. The van der Waals surface area contributed by atoms with Gasteiger partial charge in [0.15, 0.2) is 0 Å². The van der Waals surface area contributed by atoms with Gasteiger partial charge in [-0.05, 0) is 56.3 Å². The number of hydrogen-bond donors (Lipinski definition) is 1. The minimum atomic E-state index is -0.434. The van der Waals surface area contributed by atoms with Crippen molar-refractivity contribution in [1.29, 1.82) is 0 Å². The van der Waals surface area contributed by atoms with Crippen LogP contribution in [-0.2, 0) is 9.53 Å². The zero-order valence-electron chi connectivity index (χ0n) is 15.7. The van der Waals surface area contributed by atoms with Gasteiger partial charge in [-0.25, -0.2) is 4.79 Å². The summed E-state index contributed by atoms with van der Waals surface area (Å²) in [6, 6.07) is 14.1. The molecule has 7 nitrogen and oxygen atoms in total. The van der Waals surface area contributed by atoms with Crippen LogP contribution in [0.25, 0.3) is 11.5 Å². The largest absolute Gasteiger partial charge is 0.459 e. The number of amides is 1. The molecular formula is C20H18BrN3O4S. The fraction of sp³-hybridized carbons (Fsp3) is 0.200. The summed E-state index contributed by atoms with van der Waals surface area (Å²) >= 11 is 4.51. The van der Waals surface area contributed by atoms with Crippen LogP contribution in [0.5, 0.6) is 0 Å². The SMILES string of the molecule is CC(C)OC(=O)c1cccc(NC(=O)CSc2nnc(-c3ccc(Br)cc3)o2)c1. The maximum atomic E-state index is 12.2. The molecule has 1 aromatic heterocycles. The molecule has 0 unspecified atom stereocenters. The van der Waals surface area contributed by atoms with Crippen LogP contribution in [0.15, 0.2) is 62.6 Å². The maximum Gasteiger partial charge on any atom is 0.338 e. The van der Waals surface area contributed by atoms with Crippen molar-refractivity contribution in [2.24, 2.45) is 0 Å². The second-order valence-electron chi connectivity index (χ2n) is 6.25. The molecule has 0 radical (unpaired) electrons. The van der Waals surface area contributed by atoms with Gasteiger partial charge in [0, 0.05) is 15.7 Å². The van der Waals surface area contributed by atoms with E-state index in [4.69, 9.17) is 9.15 Å². The van der Waals surface area contributed by atoms with Crippen molar-refractivity contribution in [3.05, 3.63) is 58.6 Å². The molecule has 0 aliphatic rings. The number of anilines is 1. The van der Waals surface area contributed by atoms with Crippen molar-refractivity contribution >= 4 is 45.3 Å². The Morgan fingerprint density at radius 2 is 1.93 bits per heavy atom. The summed E-state index contributed by atoms with van der Waals surface area (Å²) in [4.78, 5) is 24.2. The van der Waals surface area contributed by atoms with Crippen LogP contribution in [0.2, 0.25) is 0 Å². The Bertz CT molecular complexity index is 1000. The Morgan fingerprint density at radius 1 is 1.17 bits per heavy atom. The molecule has 150 valence electrons. The van der Waals surface area contributed by atoms with E-state index < -0.39 is 5.97 Å². The average molecular weight is 476 g/mol. The number of nitrogens with one attached hydrogen (secondary N) is 1. The third-order valence-electron chi connectivity index (χ3n) is 3.55. The molecule has 1 heterocycles. The fourth-order valence-corrected chi connectivity index (χ4v) is 3.14. The van der Waals surface area contributed by atoms with Crippen LogP contribution in [0.3, 0.4) is 0 Å². The number of halogens is 1. The zero-order chi connectivity index (χ0) is 20.8. The van der Waals surface area contributed by atoms with Crippen molar-refractivity contribution in [3.63, 3.8) is 0 Å². The van der Waals surface area contributed by atoms with Crippen molar-refractivity contribution in [2.75, 3.05) is 11.1 Å². The van der Waals surface area contributed by atoms with E-state index in [0.29, 0.717) is 22.4 Å². The van der Waals surface area contributed by atoms with E-state index in [1.54, 1.807) is 38.1 Å². The summed E-state index contributed by atoms with van der Waals surface area (Å²) in [6.07, 6.45) is -0.214. The third-order valence-corrected chi connectivity index (χ3v) is 4.90. The fourth-order valence-electron chi connectivity index (χ4n) is 2.31. The molecule has 0 atom stereocenters. The normalized spacial score (nSPS) is 10.8. The van der Waals surface area contributed by atoms with E-state index >= 15 is 0 Å². The smallest absolute Gasteiger partial charge is 0.338 e. The number of esters is 1. The lowest BCUT2D eigenvalue weighted by atomic mass is 10.2. The molecule has 1 amide bonds. The summed E-state index contributed by atoms with van der Waals surface area (Å²) in [7, 11) is 0. The first-order valence-corrected chi connectivity index (χ1v) is 10.5. The van der Waals surface area contributed by atoms with E-state index in [-0.39, 0.29) is 17.8 Å². The average Bonchev–Trinajstić information content (AvgIpc) is 3.16. The van der Waals surface area contributed by atoms with E-state index in [1.165, 1.54) is 0 Å². The maximum absolute atomic E-state index is 12.2. The van der Waals surface area contributed by atoms with E-state index in [2.05, 4.69) is 31.4 Å². The van der Waals surface area contributed by atoms with Crippen molar-refractivity contribution in [3.8, 4) is 11.5 Å². The number of ether oxygens (including phenoxy) is 1. The van der Waals surface area contributed by atoms with Crippen molar-refractivity contribution in [2.45, 2.75) is 25.2 Å². The van der Waals surface area contributed by atoms with Crippen LogP contribution in [-0.4, -0.2) is 33.9 Å². The second-order valence-corrected chi connectivity index (χ2v) is 8.09. The number of rotatable bonds is 7. The third kappa shape index (κ3) is 6.16. The molecule has 0 aliphatic carbocycles. The Kier molecular flexibility index (Phi) is 7.05. The molecule has 1 N–H and O–H groups in total. The molecule has 0 spiro atoms. The lowest BCUT2D eigenvalue weighted by molar-refractivity contribution is -0.113. The van der Waals surface area contributed by atoms with Gasteiger partial charge in [0.25, 0.3) is 5.22 Å². The molecule has 0 bridgehead atoms. The summed E-state index contributed by atoms with van der Waals surface area (Å²) in [5, 5.41) is 11.0. The monoisotopic (exact) mass is 475 g/mol. The van der Waals surface area contributed by atoms with Gasteiger partial charge in [0.1, 0.15) is 0 Å². The first kappa shape index (κ1) is 21.1. The highest BCUT2D eigenvalue weighted by atomic mass is 79.9. The highest BCUT2D eigenvalue weighted by Gasteiger charge is 2.13. The van der Waals surface area contributed by atoms with E-state index in [1.807, 2.05) is 24.3 Å². The number of aromatic nitrogens is 2. The molecule has 9 heteroatoms. The highest BCUT2D eigenvalue weighted by molar-refractivity contribution is 9.10. The molecule has 0 saturated heterocycles. The Balaban J connectivity index is 1.55. The van der Waals surface area contributed by atoms with Gasteiger partial charge in [-0.2, -0.15) is 0 Å². The molecule has 29 heavy (non-hydrogen) atoms. The topological polar surface area (TPSA) is 94.3 Å². The summed E-state index contributed by atoms with van der Waals surface area (Å²) in [6.45, 7) is 3.56. The van der Waals surface area contributed by atoms with Gasteiger partial charge in [-0.3, -0.25) is 4.79 Å². The van der Waals surface area contributed by atoms with Crippen LogP contribution in [0.4, 0.5) is 5.69 Å². The van der Waals surface area contributed by atoms with Crippen molar-refractivity contribution in [1.82, 2.24) is 10.2 Å². The molecule has 2 aromatic carbocycles.